The van der Waals surface area contributed by atoms with Gasteiger partial charge in [-0.2, -0.15) is 0 Å². The Morgan fingerprint density at radius 2 is 1.41 bits per heavy atom. The maximum absolute atomic E-state index is 11.3. The number of rotatable bonds is 7. The molecule has 0 atom stereocenters. The molecule has 120 valence electrons. The average Bonchev–Trinajstić information content (AvgIpc) is 2.51. The second-order valence-corrected chi connectivity index (χ2v) is 4.04. The van der Waals surface area contributed by atoms with Crippen LogP contribution in [0.3, 0.4) is 0 Å². The molecule has 1 amide bonds. The Kier molecular flexibility index (Phi) is 6.68. The number of para-hydroxylation sites is 1. The standard InChI is InChI=1S/C14H17NO7/c1-9(16)15-14-10(21-7-12(17)19-2)5-4-6-11(14)22-8-13(18)20-3/h4-6H,7-8H2,1-3H3,(H,15,16). The zero-order valence-corrected chi connectivity index (χ0v) is 12.5. The molecule has 0 radical (unpaired) electrons. The number of hydrogen-bond donors (Lipinski definition) is 1. The van der Waals surface area contributed by atoms with Gasteiger partial charge in [0, 0.05) is 6.92 Å². The molecule has 0 bridgehead atoms. The summed E-state index contributed by atoms with van der Waals surface area (Å²) in [5.74, 6) is -1.09. The molecule has 1 aromatic rings. The lowest BCUT2D eigenvalue weighted by molar-refractivity contribution is -0.143. The van der Waals surface area contributed by atoms with Gasteiger partial charge in [-0.1, -0.05) is 6.07 Å². The van der Waals surface area contributed by atoms with E-state index in [1.165, 1.54) is 21.1 Å². The highest BCUT2D eigenvalue weighted by Crippen LogP contribution is 2.34. The van der Waals surface area contributed by atoms with E-state index in [1.807, 2.05) is 0 Å². The van der Waals surface area contributed by atoms with Gasteiger partial charge >= 0.3 is 11.9 Å². The number of ether oxygens (including phenoxy) is 4. The zero-order chi connectivity index (χ0) is 16.5. The van der Waals surface area contributed by atoms with Gasteiger partial charge in [0.25, 0.3) is 0 Å². The Hall–Kier alpha value is -2.77. The van der Waals surface area contributed by atoms with Crippen LogP contribution in [0, 0.1) is 0 Å². The first-order valence-electron chi connectivity index (χ1n) is 6.27. The molecule has 0 saturated heterocycles. The lowest BCUT2D eigenvalue weighted by atomic mass is 10.2. The smallest absolute Gasteiger partial charge is 0.343 e. The van der Waals surface area contributed by atoms with Crippen molar-refractivity contribution in [2.75, 3.05) is 32.8 Å². The van der Waals surface area contributed by atoms with Gasteiger partial charge in [-0.05, 0) is 12.1 Å². The second kappa shape index (κ2) is 8.50. The maximum atomic E-state index is 11.3. The molecule has 1 rings (SSSR count). The SMILES string of the molecule is COC(=O)COc1cccc(OCC(=O)OC)c1NC(C)=O. The van der Waals surface area contributed by atoms with E-state index < -0.39 is 11.9 Å². The van der Waals surface area contributed by atoms with Crippen molar-refractivity contribution in [1.82, 2.24) is 0 Å². The first-order valence-corrected chi connectivity index (χ1v) is 6.27. The number of benzene rings is 1. The van der Waals surface area contributed by atoms with Crippen molar-refractivity contribution in [3.63, 3.8) is 0 Å². The van der Waals surface area contributed by atoms with Crippen LogP contribution in [0.4, 0.5) is 5.69 Å². The summed E-state index contributed by atoms with van der Waals surface area (Å²) in [6.07, 6.45) is 0. The molecule has 1 aromatic carbocycles. The molecule has 8 heteroatoms. The highest BCUT2D eigenvalue weighted by atomic mass is 16.6. The van der Waals surface area contributed by atoms with E-state index in [9.17, 15) is 14.4 Å². The normalized spacial score (nSPS) is 9.59. The van der Waals surface area contributed by atoms with Crippen LogP contribution in [-0.4, -0.2) is 45.3 Å². The molecule has 0 aliphatic rings. The lowest BCUT2D eigenvalue weighted by Gasteiger charge is -2.15. The molecule has 0 unspecified atom stereocenters. The largest absolute Gasteiger partial charge is 0.480 e. The Morgan fingerprint density at radius 1 is 0.955 bits per heavy atom. The summed E-state index contributed by atoms with van der Waals surface area (Å²) in [7, 11) is 2.46. The predicted octanol–water partition coefficient (Wildman–Crippen LogP) is 0.749. The van der Waals surface area contributed by atoms with Crippen LogP contribution in [0.1, 0.15) is 6.92 Å². The summed E-state index contributed by atoms with van der Waals surface area (Å²) in [4.78, 5) is 33.6. The van der Waals surface area contributed by atoms with E-state index in [4.69, 9.17) is 9.47 Å². The van der Waals surface area contributed by atoms with E-state index in [0.717, 1.165) is 0 Å². The van der Waals surface area contributed by atoms with Gasteiger partial charge in [0.15, 0.2) is 13.2 Å². The minimum atomic E-state index is -0.574. The number of carbonyl (C=O) groups excluding carboxylic acids is 3. The molecule has 0 aromatic heterocycles. The fourth-order valence-corrected chi connectivity index (χ4v) is 1.44. The monoisotopic (exact) mass is 311 g/mol. The first kappa shape index (κ1) is 17.3. The van der Waals surface area contributed by atoms with E-state index in [-0.39, 0.29) is 36.3 Å². The van der Waals surface area contributed by atoms with Crippen LogP contribution >= 0.6 is 0 Å². The molecule has 0 fully saturated rings. The molecule has 22 heavy (non-hydrogen) atoms. The van der Waals surface area contributed by atoms with E-state index in [2.05, 4.69) is 14.8 Å². The summed E-state index contributed by atoms with van der Waals surface area (Å²) >= 11 is 0. The van der Waals surface area contributed by atoms with Crippen LogP contribution < -0.4 is 14.8 Å². The fourth-order valence-electron chi connectivity index (χ4n) is 1.44. The Bertz CT molecular complexity index is 518. The highest BCUT2D eigenvalue weighted by molar-refractivity contribution is 5.92. The molecule has 1 N–H and O–H groups in total. The molecule has 0 spiro atoms. The maximum Gasteiger partial charge on any atom is 0.343 e. The van der Waals surface area contributed by atoms with Crippen molar-refractivity contribution in [1.29, 1.82) is 0 Å². The molecular formula is C14H17NO7. The quantitative estimate of drug-likeness (QED) is 0.741. The molecule has 0 aliphatic heterocycles. The van der Waals surface area contributed by atoms with Crippen molar-refractivity contribution < 1.29 is 33.3 Å². The topological polar surface area (TPSA) is 100 Å². The average molecular weight is 311 g/mol. The van der Waals surface area contributed by atoms with Crippen LogP contribution in [0.25, 0.3) is 0 Å². The summed E-state index contributed by atoms with van der Waals surface area (Å²) in [5, 5.41) is 2.53. The van der Waals surface area contributed by atoms with Crippen molar-refractivity contribution in [2.45, 2.75) is 6.92 Å². The van der Waals surface area contributed by atoms with Crippen LogP contribution in [0.15, 0.2) is 18.2 Å². The molecule has 0 saturated carbocycles. The molecular weight excluding hydrogens is 294 g/mol. The Labute approximate surface area is 127 Å². The highest BCUT2D eigenvalue weighted by Gasteiger charge is 2.15. The van der Waals surface area contributed by atoms with Gasteiger partial charge in [-0.3, -0.25) is 4.79 Å². The lowest BCUT2D eigenvalue weighted by Crippen LogP contribution is -2.17. The number of esters is 2. The summed E-state index contributed by atoms with van der Waals surface area (Å²) < 4.78 is 19.5. The molecule has 0 aliphatic carbocycles. The van der Waals surface area contributed by atoms with Gasteiger partial charge in [-0.15, -0.1) is 0 Å². The third-order valence-electron chi connectivity index (χ3n) is 2.44. The van der Waals surface area contributed by atoms with Crippen molar-refractivity contribution in [3.05, 3.63) is 18.2 Å². The number of anilines is 1. The molecule has 0 heterocycles. The summed E-state index contributed by atoms with van der Waals surface area (Å²) in [6, 6.07) is 4.67. The van der Waals surface area contributed by atoms with E-state index in [0.29, 0.717) is 0 Å². The number of methoxy groups -OCH3 is 2. The van der Waals surface area contributed by atoms with Crippen molar-refractivity contribution in [2.24, 2.45) is 0 Å². The van der Waals surface area contributed by atoms with Crippen LogP contribution in [0.2, 0.25) is 0 Å². The Balaban J connectivity index is 2.96. The van der Waals surface area contributed by atoms with Crippen molar-refractivity contribution >= 4 is 23.5 Å². The van der Waals surface area contributed by atoms with Gasteiger partial charge in [0.05, 0.1) is 14.2 Å². The second-order valence-electron chi connectivity index (χ2n) is 4.04. The number of nitrogens with one attached hydrogen (secondary N) is 1. The third-order valence-corrected chi connectivity index (χ3v) is 2.44. The van der Waals surface area contributed by atoms with Gasteiger partial charge in [0.1, 0.15) is 17.2 Å². The third kappa shape index (κ3) is 5.31. The molecule has 8 nitrogen and oxygen atoms in total. The van der Waals surface area contributed by atoms with E-state index in [1.54, 1.807) is 18.2 Å². The number of hydrogen-bond acceptors (Lipinski definition) is 7. The minimum absolute atomic E-state index is 0.211. The Morgan fingerprint density at radius 3 is 1.77 bits per heavy atom. The van der Waals surface area contributed by atoms with Crippen LogP contribution in [-0.2, 0) is 23.9 Å². The predicted molar refractivity (Wildman–Crippen MR) is 75.8 cm³/mol. The van der Waals surface area contributed by atoms with E-state index >= 15 is 0 Å². The first-order chi connectivity index (χ1) is 10.5. The summed E-state index contributed by atoms with van der Waals surface area (Å²) in [6.45, 7) is 0.647. The number of amides is 1. The van der Waals surface area contributed by atoms with Crippen LogP contribution in [0.5, 0.6) is 11.5 Å². The van der Waals surface area contributed by atoms with Gasteiger partial charge in [-0.25, -0.2) is 9.59 Å². The minimum Gasteiger partial charge on any atom is -0.480 e. The van der Waals surface area contributed by atoms with Crippen molar-refractivity contribution in [3.8, 4) is 11.5 Å². The fraction of sp³-hybridized carbons (Fsp3) is 0.357. The summed E-state index contributed by atoms with van der Waals surface area (Å²) in [5.41, 5.74) is 0.211. The number of carbonyl (C=O) groups is 3. The van der Waals surface area contributed by atoms with Gasteiger partial charge < -0.3 is 24.3 Å². The zero-order valence-electron chi connectivity index (χ0n) is 12.5. The van der Waals surface area contributed by atoms with Gasteiger partial charge in [0.2, 0.25) is 5.91 Å².